The first-order valence-electron chi connectivity index (χ1n) is 7.86. The van der Waals surface area contributed by atoms with Crippen molar-refractivity contribution < 1.29 is 14.7 Å². The number of nitrogens with zero attached hydrogens (tertiary/aromatic N) is 2. The number of carboxylic acids is 1. The minimum atomic E-state index is -0.884. The number of hydrogen-bond acceptors (Lipinski definition) is 3. The lowest BCUT2D eigenvalue weighted by molar-refractivity contribution is -0.141. The highest BCUT2D eigenvalue weighted by molar-refractivity contribution is 5.86. The predicted octanol–water partition coefficient (Wildman–Crippen LogP) is 2.00. The Morgan fingerprint density at radius 2 is 1.95 bits per heavy atom. The first-order valence-corrected chi connectivity index (χ1v) is 7.86. The van der Waals surface area contributed by atoms with Gasteiger partial charge >= 0.3 is 5.97 Å². The van der Waals surface area contributed by atoms with Crippen molar-refractivity contribution in [1.29, 1.82) is 0 Å². The predicted molar refractivity (Wildman–Crippen MR) is 84.4 cm³/mol. The molecule has 1 heterocycles. The summed E-state index contributed by atoms with van der Waals surface area (Å²) in [5, 5.41) is 9.19. The van der Waals surface area contributed by atoms with Gasteiger partial charge in [-0.05, 0) is 18.7 Å². The molecule has 1 amide bonds. The molecule has 2 atom stereocenters. The average Bonchev–Trinajstić information content (AvgIpc) is 2.91. The Kier molecular flexibility index (Phi) is 5.55. The number of likely N-dealkylation sites (tertiary alicyclic amines) is 1. The van der Waals surface area contributed by atoms with Crippen LogP contribution in [0.1, 0.15) is 31.9 Å². The van der Waals surface area contributed by atoms with E-state index >= 15 is 0 Å². The molecule has 0 aromatic heterocycles. The van der Waals surface area contributed by atoms with E-state index in [-0.39, 0.29) is 18.4 Å². The van der Waals surface area contributed by atoms with Crippen LogP contribution >= 0.6 is 0 Å². The molecule has 0 radical (unpaired) electrons. The van der Waals surface area contributed by atoms with Gasteiger partial charge in [-0.25, -0.2) is 0 Å². The van der Waals surface area contributed by atoms with E-state index in [1.165, 1.54) is 0 Å². The second kappa shape index (κ2) is 7.40. The van der Waals surface area contributed by atoms with Gasteiger partial charge in [-0.1, -0.05) is 44.2 Å². The third-order valence-corrected chi connectivity index (χ3v) is 4.39. The number of carbonyl (C=O) groups is 2. The quantitative estimate of drug-likeness (QED) is 0.837. The van der Waals surface area contributed by atoms with Crippen molar-refractivity contribution >= 4 is 11.9 Å². The summed E-state index contributed by atoms with van der Waals surface area (Å²) < 4.78 is 0. The number of carboxylic acid groups (broad SMARTS) is 1. The van der Waals surface area contributed by atoms with E-state index < -0.39 is 11.9 Å². The van der Waals surface area contributed by atoms with Crippen molar-refractivity contribution in [2.45, 2.75) is 26.3 Å². The molecule has 120 valence electrons. The van der Waals surface area contributed by atoms with E-state index in [0.29, 0.717) is 6.54 Å². The third-order valence-electron chi connectivity index (χ3n) is 4.39. The van der Waals surface area contributed by atoms with Crippen LogP contribution in [-0.4, -0.2) is 53.0 Å². The Morgan fingerprint density at radius 3 is 2.45 bits per heavy atom. The molecule has 1 aliphatic rings. The van der Waals surface area contributed by atoms with Crippen LogP contribution in [0.3, 0.4) is 0 Å². The Balaban J connectivity index is 2.24. The van der Waals surface area contributed by atoms with Crippen molar-refractivity contribution in [2.75, 3.05) is 26.2 Å². The summed E-state index contributed by atoms with van der Waals surface area (Å²) in [6.45, 7) is 7.04. The average molecular weight is 304 g/mol. The zero-order valence-corrected chi connectivity index (χ0v) is 13.2. The van der Waals surface area contributed by atoms with Gasteiger partial charge in [-0.3, -0.25) is 9.59 Å². The van der Waals surface area contributed by atoms with Crippen molar-refractivity contribution in [1.82, 2.24) is 9.80 Å². The van der Waals surface area contributed by atoms with Gasteiger partial charge in [-0.2, -0.15) is 0 Å². The zero-order chi connectivity index (χ0) is 16.1. The Bertz CT molecular complexity index is 514. The fourth-order valence-electron chi connectivity index (χ4n) is 2.98. The van der Waals surface area contributed by atoms with Gasteiger partial charge < -0.3 is 14.9 Å². The molecule has 22 heavy (non-hydrogen) atoms. The molecule has 0 saturated carbocycles. The number of amides is 1. The van der Waals surface area contributed by atoms with Crippen LogP contribution in [0.4, 0.5) is 0 Å². The molecule has 0 bridgehead atoms. The lowest BCUT2D eigenvalue weighted by Crippen LogP contribution is -2.39. The lowest BCUT2D eigenvalue weighted by atomic mass is 10.0. The highest BCUT2D eigenvalue weighted by Crippen LogP contribution is 2.29. The SMILES string of the molecule is CCN(CC)CC(c1ccccc1)N1CC(C(=O)O)CC1=O. The fraction of sp³-hybridized carbons (Fsp3) is 0.529. The fourth-order valence-corrected chi connectivity index (χ4v) is 2.98. The molecule has 1 fully saturated rings. The lowest BCUT2D eigenvalue weighted by Gasteiger charge is -2.33. The van der Waals surface area contributed by atoms with Gasteiger partial charge in [-0.15, -0.1) is 0 Å². The maximum absolute atomic E-state index is 12.3. The van der Waals surface area contributed by atoms with Gasteiger partial charge in [0, 0.05) is 19.5 Å². The maximum Gasteiger partial charge on any atom is 0.308 e. The standard InChI is InChI=1S/C17H24N2O3/c1-3-18(4-2)12-15(13-8-6-5-7-9-13)19-11-14(17(21)22)10-16(19)20/h5-9,14-15H,3-4,10-12H2,1-2H3,(H,21,22). The topological polar surface area (TPSA) is 60.9 Å². The summed E-state index contributed by atoms with van der Waals surface area (Å²) in [5.41, 5.74) is 1.06. The Labute approximate surface area is 131 Å². The number of carbonyl (C=O) groups excluding carboxylic acids is 1. The minimum Gasteiger partial charge on any atom is -0.481 e. The van der Waals surface area contributed by atoms with E-state index in [2.05, 4.69) is 18.7 Å². The molecule has 1 N–H and O–H groups in total. The summed E-state index contributed by atoms with van der Waals surface area (Å²) in [6, 6.07) is 9.80. The summed E-state index contributed by atoms with van der Waals surface area (Å²) in [6.07, 6.45) is 0.108. The van der Waals surface area contributed by atoms with Crippen molar-refractivity contribution in [3.63, 3.8) is 0 Å². The van der Waals surface area contributed by atoms with E-state index in [1.54, 1.807) is 4.90 Å². The van der Waals surface area contributed by atoms with Gasteiger partial charge in [0.15, 0.2) is 0 Å². The Morgan fingerprint density at radius 1 is 1.32 bits per heavy atom. The monoisotopic (exact) mass is 304 g/mol. The summed E-state index contributed by atoms with van der Waals surface area (Å²) in [4.78, 5) is 27.5. The molecule has 2 rings (SSSR count). The highest BCUT2D eigenvalue weighted by Gasteiger charge is 2.38. The van der Waals surface area contributed by atoms with Crippen LogP contribution in [0.2, 0.25) is 0 Å². The van der Waals surface area contributed by atoms with E-state index in [9.17, 15) is 14.7 Å². The smallest absolute Gasteiger partial charge is 0.308 e. The second-order valence-electron chi connectivity index (χ2n) is 5.70. The molecule has 0 aliphatic carbocycles. The minimum absolute atomic E-state index is 0.0617. The maximum atomic E-state index is 12.3. The normalized spacial score (nSPS) is 19.7. The summed E-state index contributed by atoms with van der Waals surface area (Å²) in [7, 11) is 0. The second-order valence-corrected chi connectivity index (χ2v) is 5.70. The number of aliphatic carboxylic acids is 1. The van der Waals surface area contributed by atoms with Crippen LogP contribution in [0.15, 0.2) is 30.3 Å². The molecule has 1 saturated heterocycles. The molecule has 0 spiro atoms. The number of benzene rings is 1. The van der Waals surface area contributed by atoms with Crippen molar-refractivity contribution in [3.8, 4) is 0 Å². The summed E-state index contributed by atoms with van der Waals surface area (Å²) in [5.74, 6) is -1.53. The van der Waals surface area contributed by atoms with Gasteiger partial charge in [0.05, 0.1) is 12.0 Å². The van der Waals surface area contributed by atoms with Crippen LogP contribution in [0.5, 0.6) is 0 Å². The van der Waals surface area contributed by atoms with Crippen molar-refractivity contribution in [2.24, 2.45) is 5.92 Å². The molecular weight excluding hydrogens is 280 g/mol. The first-order chi connectivity index (χ1) is 10.6. The number of rotatable bonds is 7. The number of likely N-dealkylation sites (N-methyl/N-ethyl adjacent to an activating group) is 1. The molecule has 1 aromatic carbocycles. The molecule has 1 aliphatic heterocycles. The van der Waals surface area contributed by atoms with E-state index in [0.717, 1.165) is 25.2 Å². The van der Waals surface area contributed by atoms with Crippen LogP contribution in [0, 0.1) is 5.92 Å². The largest absolute Gasteiger partial charge is 0.481 e. The van der Waals surface area contributed by atoms with E-state index in [1.807, 2.05) is 30.3 Å². The first kappa shape index (κ1) is 16.5. The molecule has 5 heteroatoms. The highest BCUT2D eigenvalue weighted by atomic mass is 16.4. The van der Waals surface area contributed by atoms with Gasteiger partial charge in [0.25, 0.3) is 0 Å². The van der Waals surface area contributed by atoms with Crippen LogP contribution in [-0.2, 0) is 9.59 Å². The van der Waals surface area contributed by atoms with Crippen LogP contribution in [0.25, 0.3) is 0 Å². The Hall–Kier alpha value is -1.88. The molecule has 1 aromatic rings. The van der Waals surface area contributed by atoms with Crippen LogP contribution < -0.4 is 0 Å². The summed E-state index contributed by atoms with van der Waals surface area (Å²) >= 11 is 0. The zero-order valence-electron chi connectivity index (χ0n) is 13.2. The van der Waals surface area contributed by atoms with Gasteiger partial charge in [0.1, 0.15) is 0 Å². The molecular formula is C17H24N2O3. The van der Waals surface area contributed by atoms with Gasteiger partial charge in [0.2, 0.25) is 5.91 Å². The molecule has 2 unspecified atom stereocenters. The van der Waals surface area contributed by atoms with Crippen molar-refractivity contribution in [3.05, 3.63) is 35.9 Å². The van der Waals surface area contributed by atoms with E-state index in [4.69, 9.17) is 0 Å². The molecule has 5 nitrogen and oxygen atoms in total. The number of hydrogen-bond donors (Lipinski definition) is 1. The third kappa shape index (κ3) is 3.65.